The predicted octanol–water partition coefficient (Wildman–Crippen LogP) is 5.59. The van der Waals surface area contributed by atoms with Gasteiger partial charge < -0.3 is 10.2 Å². The monoisotopic (exact) mass is 460 g/mol. The third-order valence-electron chi connectivity index (χ3n) is 4.77. The van der Waals surface area contributed by atoms with Crippen molar-refractivity contribution in [3.63, 3.8) is 0 Å². The molecule has 0 bridgehead atoms. The van der Waals surface area contributed by atoms with E-state index in [2.05, 4.69) is 5.32 Å². The molecule has 1 N–H and O–H groups in total. The lowest BCUT2D eigenvalue weighted by molar-refractivity contribution is -0.140. The molecule has 0 radical (unpaired) electrons. The van der Waals surface area contributed by atoms with Crippen LogP contribution in [0.15, 0.2) is 59.5 Å². The molecule has 0 fully saturated rings. The van der Waals surface area contributed by atoms with Gasteiger partial charge in [-0.2, -0.15) is 0 Å². The number of carbonyl (C=O) groups excluding carboxylic acids is 2. The molecule has 0 heterocycles. The molecular weight excluding hydrogens is 428 g/mol. The summed E-state index contributed by atoms with van der Waals surface area (Å²) in [6, 6.07) is 17.3. The Labute approximate surface area is 195 Å². The summed E-state index contributed by atoms with van der Waals surface area (Å²) < 4.78 is 0. The first-order valence-corrected chi connectivity index (χ1v) is 12.1. The number of nitrogens with one attached hydrogen (secondary N) is 1. The molecule has 0 spiro atoms. The zero-order valence-electron chi connectivity index (χ0n) is 18.9. The molecule has 0 aromatic heterocycles. The van der Waals surface area contributed by atoms with Crippen LogP contribution in [0.25, 0.3) is 0 Å². The van der Waals surface area contributed by atoms with Crippen LogP contribution < -0.4 is 5.32 Å². The molecule has 4 nitrogen and oxygen atoms in total. The average Bonchev–Trinajstić information content (AvgIpc) is 2.72. The van der Waals surface area contributed by atoms with Crippen molar-refractivity contribution < 1.29 is 9.59 Å². The van der Waals surface area contributed by atoms with Crippen molar-refractivity contribution in [2.45, 2.75) is 63.4 Å². The van der Waals surface area contributed by atoms with Crippen LogP contribution in [-0.2, 0) is 16.0 Å². The highest BCUT2D eigenvalue weighted by molar-refractivity contribution is 7.99. The van der Waals surface area contributed by atoms with Gasteiger partial charge in [-0.1, -0.05) is 41.9 Å². The lowest BCUT2D eigenvalue weighted by atomic mass is 10.1. The third kappa shape index (κ3) is 9.36. The molecule has 2 aromatic carbocycles. The average molecular weight is 461 g/mol. The van der Waals surface area contributed by atoms with Crippen LogP contribution in [0.3, 0.4) is 0 Å². The largest absolute Gasteiger partial charge is 0.350 e. The Hall–Kier alpha value is -1.98. The van der Waals surface area contributed by atoms with Crippen molar-refractivity contribution in [3.8, 4) is 0 Å². The summed E-state index contributed by atoms with van der Waals surface area (Å²) >= 11 is 7.63. The topological polar surface area (TPSA) is 49.4 Å². The minimum atomic E-state index is -0.514. The second-order valence-corrected chi connectivity index (χ2v) is 10.2. The highest BCUT2D eigenvalue weighted by Crippen LogP contribution is 2.22. The Morgan fingerprint density at radius 1 is 1.06 bits per heavy atom. The van der Waals surface area contributed by atoms with Gasteiger partial charge in [0.2, 0.25) is 11.8 Å². The van der Waals surface area contributed by atoms with Gasteiger partial charge in [0.05, 0.1) is 0 Å². The Morgan fingerprint density at radius 2 is 1.71 bits per heavy atom. The highest BCUT2D eigenvalue weighted by atomic mass is 35.5. The molecule has 0 saturated carbocycles. The van der Waals surface area contributed by atoms with Gasteiger partial charge in [0, 0.05) is 28.4 Å². The molecule has 6 heteroatoms. The Bertz CT molecular complexity index is 835. The quantitative estimate of drug-likeness (QED) is 0.371. The summed E-state index contributed by atoms with van der Waals surface area (Å²) in [5, 5.41) is 3.72. The number of nitrogens with zero attached hydrogens (tertiary/aromatic N) is 1. The van der Waals surface area contributed by atoms with Crippen LogP contribution in [0.1, 0.15) is 46.1 Å². The van der Waals surface area contributed by atoms with E-state index in [1.807, 2.05) is 82.3 Å². The van der Waals surface area contributed by atoms with Gasteiger partial charge in [-0.05, 0) is 76.1 Å². The van der Waals surface area contributed by atoms with Crippen molar-refractivity contribution >= 4 is 35.2 Å². The van der Waals surface area contributed by atoms with Crippen LogP contribution in [0.2, 0.25) is 5.02 Å². The minimum absolute atomic E-state index is 0.0178. The zero-order valence-corrected chi connectivity index (χ0v) is 20.4. The van der Waals surface area contributed by atoms with Crippen LogP contribution >= 0.6 is 23.4 Å². The second-order valence-electron chi connectivity index (χ2n) is 8.64. The third-order valence-corrected chi connectivity index (χ3v) is 6.12. The Kier molecular flexibility index (Phi) is 9.92. The van der Waals surface area contributed by atoms with Gasteiger partial charge in [0.15, 0.2) is 0 Å². The van der Waals surface area contributed by atoms with Gasteiger partial charge in [0.25, 0.3) is 0 Å². The van der Waals surface area contributed by atoms with Crippen LogP contribution in [-0.4, -0.2) is 40.6 Å². The van der Waals surface area contributed by atoms with E-state index in [9.17, 15) is 9.59 Å². The molecule has 1 atom stereocenters. The highest BCUT2D eigenvalue weighted by Gasteiger charge is 2.27. The summed E-state index contributed by atoms with van der Waals surface area (Å²) in [6.45, 7) is 8.17. The standard InChI is InChI=1S/C25H33ClN2O2S/c1-19(24(30)27-25(2,3)4)28(17-16-20-9-6-5-7-10-20)23(29)11-8-18-31-22-14-12-21(26)13-15-22/h5-7,9-10,12-15,19H,8,11,16-18H2,1-4H3,(H,27,30). The Balaban J connectivity index is 1.95. The number of thioether (sulfide) groups is 1. The number of hydrogen-bond acceptors (Lipinski definition) is 3. The maximum absolute atomic E-state index is 13.1. The number of carbonyl (C=O) groups is 2. The van der Waals surface area contributed by atoms with E-state index in [-0.39, 0.29) is 17.4 Å². The van der Waals surface area contributed by atoms with Gasteiger partial charge in [-0.25, -0.2) is 0 Å². The fourth-order valence-electron chi connectivity index (χ4n) is 3.13. The van der Waals surface area contributed by atoms with Crippen LogP contribution in [0.4, 0.5) is 0 Å². The summed E-state index contributed by atoms with van der Waals surface area (Å²) in [6.07, 6.45) is 1.89. The number of halogens is 1. The summed E-state index contributed by atoms with van der Waals surface area (Å²) in [7, 11) is 0. The molecule has 1 unspecified atom stereocenters. The van der Waals surface area contributed by atoms with Crippen molar-refractivity contribution in [2.75, 3.05) is 12.3 Å². The van der Waals surface area contributed by atoms with Crippen molar-refractivity contribution in [1.82, 2.24) is 10.2 Å². The van der Waals surface area contributed by atoms with Crippen LogP contribution in [0.5, 0.6) is 0 Å². The lowest BCUT2D eigenvalue weighted by Crippen LogP contribution is -2.53. The number of benzene rings is 2. The van der Waals surface area contributed by atoms with E-state index in [4.69, 9.17) is 11.6 Å². The fourth-order valence-corrected chi connectivity index (χ4v) is 4.11. The normalized spacial score (nSPS) is 12.3. The molecular formula is C25H33ClN2O2S. The molecule has 31 heavy (non-hydrogen) atoms. The first-order chi connectivity index (χ1) is 14.7. The number of rotatable bonds is 10. The minimum Gasteiger partial charge on any atom is -0.350 e. The summed E-state index contributed by atoms with van der Waals surface area (Å²) in [5.41, 5.74) is 0.816. The maximum Gasteiger partial charge on any atom is 0.242 e. The fraction of sp³-hybridized carbons (Fsp3) is 0.440. The molecule has 2 aromatic rings. The number of hydrogen-bond donors (Lipinski definition) is 1. The maximum atomic E-state index is 13.1. The smallest absolute Gasteiger partial charge is 0.242 e. The molecule has 168 valence electrons. The molecule has 0 saturated heterocycles. The first-order valence-electron chi connectivity index (χ1n) is 10.7. The molecule has 2 amide bonds. The first kappa shape index (κ1) is 25.3. The van der Waals surface area contributed by atoms with E-state index < -0.39 is 6.04 Å². The SMILES string of the molecule is CC(C(=O)NC(C)(C)C)N(CCc1ccccc1)C(=O)CCCSc1ccc(Cl)cc1. The Morgan fingerprint density at radius 3 is 2.32 bits per heavy atom. The van der Waals surface area contributed by atoms with Crippen LogP contribution in [0, 0.1) is 0 Å². The van der Waals surface area contributed by atoms with E-state index >= 15 is 0 Å². The van der Waals surface area contributed by atoms with E-state index in [0.717, 1.165) is 34.1 Å². The molecule has 0 aliphatic heterocycles. The predicted molar refractivity (Wildman–Crippen MR) is 131 cm³/mol. The van der Waals surface area contributed by atoms with Crippen molar-refractivity contribution in [3.05, 3.63) is 65.2 Å². The van der Waals surface area contributed by atoms with E-state index in [1.54, 1.807) is 16.7 Å². The molecule has 0 aliphatic carbocycles. The zero-order chi connectivity index (χ0) is 22.9. The number of amides is 2. The van der Waals surface area contributed by atoms with Gasteiger partial charge >= 0.3 is 0 Å². The molecule has 0 aliphatic rings. The van der Waals surface area contributed by atoms with Gasteiger partial charge in [0.1, 0.15) is 6.04 Å². The van der Waals surface area contributed by atoms with E-state index in [0.29, 0.717) is 13.0 Å². The summed E-state index contributed by atoms with van der Waals surface area (Å²) in [5.74, 6) is 0.733. The lowest BCUT2D eigenvalue weighted by Gasteiger charge is -2.31. The van der Waals surface area contributed by atoms with Crippen molar-refractivity contribution in [1.29, 1.82) is 0 Å². The van der Waals surface area contributed by atoms with Gasteiger partial charge in [-0.15, -0.1) is 11.8 Å². The van der Waals surface area contributed by atoms with Gasteiger partial charge in [-0.3, -0.25) is 9.59 Å². The summed E-state index contributed by atoms with van der Waals surface area (Å²) in [4.78, 5) is 28.6. The second kappa shape index (κ2) is 12.2. The molecule has 2 rings (SSSR count). The van der Waals surface area contributed by atoms with Crippen molar-refractivity contribution in [2.24, 2.45) is 0 Å². The van der Waals surface area contributed by atoms with E-state index in [1.165, 1.54) is 0 Å².